The second-order valence-corrected chi connectivity index (χ2v) is 9.61. The molecule has 2 heterocycles. The van der Waals surface area contributed by atoms with Crippen LogP contribution < -0.4 is 10.2 Å². The molecule has 1 saturated carbocycles. The number of hydrogen-bond acceptors (Lipinski definition) is 4. The van der Waals surface area contributed by atoms with Crippen LogP contribution in [0.15, 0.2) is 30.3 Å². The molecule has 1 aromatic heterocycles. The first kappa shape index (κ1) is 26.2. The number of anilines is 1. The molecule has 0 atom stereocenters. The van der Waals surface area contributed by atoms with Gasteiger partial charge in [0.2, 0.25) is 0 Å². The van der Waals surface area contributed by atoms with Crippen LogP contribution in [0.1, 0.15) is 58.6 Å². The van der Waals surface area contributed by atoms with E-state index in [0.29, 0.717) is 43.4 Å². The van der Waals surface area contributed by atoms with Gasteiger partial charge in [0.15, 0.2) is 0 Å². The largest absolute Gasteiger partial charge is 0.433 e. The number of rotatable bonds is 4. The summed E-state index contributed by atoms with van der Waals surface area (Å²) >= 11 is 0. The Morgan fingerprint density at radius 2 is 1.64 bits per heavy atom. The minimum absolute atomic E-state index is 0.113. The van der Waals surface area contributed by atoms with E-state index in [0.717, 1.165) is 30.6 Å². The molecular weight excluding hydrogens is 486 g/mol. The van der Waals surface area contributed by atoms with Crippen molar-refractivity contribution in [2.75, 3.05) is 25.5 Å². The quantitative estimate of drug-likeness (QED) is 0.564. The third kappa shape index (κ3) is 5.77. The minimum atomic E-state index is -5.00. The van der Waals surface area contributed by atoms with Crippen LogP contribution in [0.2, 0.25) is 0 Å². The third-order valence-corrected chi connectivity index (χ3v) is 7.08. The van der Waals surface area contributed by atoms with Gasteiger partial charge in [-0.3, -0.25) is 4.79 Å². The summed E-state index contributed by atoms with van der Waals surface area (Å²) in [4.78, 5) is 19.4. The number of nitrogens with one attached hydrogen (secondary N) is 1. The second-order valence-electron chi connectivity index (χ2n) is 9.61. The number of pyridine rings is 1. The lowest BCUT2D eigenvalue weighted by Crippen LogP contribution is -2.43. The van der Waals surface area contributed by atoms with Gasteiger partial charge in [-0.2, -0.15) is 26.3 Å². The van der Waals surface area contributed by atoms with Gasteiger partial charge < -0.3 is 15.1 Å². The maximum absolute atomic E-state index is 13.2. The summed E-state index contributed by atoms with van der Waals surface area (Å²) in [7, 11) is 3.53. The number of nitrogens with zero attached hydrogens (tertiary/aromatic N) is 3. The predicted molar refractivity (Wildman–Crippen MR) is 123 cm³/mol. The highest BCUT2D eigenvalue weighted by molar-refractivity contribution is 5.96. The zero-order chi connectivity index (χ0) is 26.3. The van der Waals surface area contributed by atoms with Crippen LogP contribution in [0, 0.1) is 0 Å². The van der Waals surface area contributed by atoms with E-state index in [9.17, 15) is 31.1 Å². The number of halogens is 6. The van der Waals surface area contributed by atoms with E-state index < -0.39 is 23.7 Å². The fourth-order valence-electron chi connectivity index (χ4n) is 5.05. The standard InChI is InChI=1S/C25H28F6N4O/c1-34-11-10-19-15(14-34)4-3-5-20(19)23(36)32-16-6-8-17(9-7-16)35(2)18-12-21(24(26,27)28)33-22(13-18)25(29,30)31/h3-5,12-13,16-17H,6-11,14H2,1-2H3,(H,32,36)/t16-,17+. The lowest BCUT2D eigenvalue weighted by atomic mass is 9.89. The molecule has 1 fully saturated rings. The number of aromatic nitrogens is 1. The van der Waals surface area contributed by atoms with Crippen LogP contribution in [0.25, 0.3) is 0 Å². The van der Waals surface area contributed by atoms with Gasteiger partial charge in [-0.25, -0.2) is 4.98 Å². The van der Waals surface area contributed by atoms with Crippen molar-refractivity contribution in [3.8, 4) is 0 Å². The van der Waals surface area contributed by atoms with Gasteiger partial charge in [-0.15, -0.1) is 0 Å². The molecule has 36 heavy (non-hydrogen) atoms. The van der Waals surface area contributed by atoms with E-state index in [1.54, 1.807) is 0 Å². The van der Waals surface area contributed by atoms with E-state index >= 15 is 0 Å². The molecule has 1 aliphatic heterocycles. The average Bonchev–Trinajstić information content (AvgIpc) is 2.82. The number of fused-ring (bicyclic) bond motifs is 1. The normalized spacial score (nSPS) is 21.1. The number of carbonyl (C=O) groups is 1. The summed E-state index contributed by atoms with van der Waals surface area (Å²) in [6.45, 7) is 1.66. The highest BCUT2D eigenvalue weighted by Gasteiger charge is 2.39. The summed E-state index contributed by atoms with van der Waals surface area (Å²) in [6.07, 6.45) is -7.02. The Kier molecular flexibility index (Phi) is 7.23. The van der Waals surface area contributed by atoms with Crippen molar-refractivity contribution in [2.45, 2.75) is 63.1 Å². The molecule has 0 spiro atoms. The molecule has 5 nitrogen and oxygen atoms in total. The van der Waals surface area contributed by atoms with E-state index in [1.807, 2.05) is 25.2 Å². The van der Waals surface area contributed by atoms with Crippen LogP contribution in [0.5, 0.6) is 0 Å². The molecule has 1 aromatic carbocycles. The van der Waals surface area contributed by atoms with Crippen LogP contribution >= 0.6 is 0 Å². The Balaban J connectivity index is 1.42. The fraction of sp³-hybridized carbons (Fsp3) is 0.520. The van der Waals surface area contributed by atoms with Crippen molar-refractivity contribution in [1.82, 2.24) is 15.2 Å². The van der Waals surface area contributed by atoms with Crippen molar-refractivity contribution < 1.29 is 31.1 Å². The molecule has 0 unspecified atom stereocenters. The van der Waals surface area contributed by atoms with Gasteiger partial charge in [-0.1, -0.05) is 12.1 Å². The van der Waals surface area contributed by atoms with Crippen molar-refractivity contribution in [3.05, 3.63) is 58.4 Å². The first-order valence-electron chi connectivity index (χ1n) is 11.8. The van der Waals surface area contributed by atoms with Gasteiger partial charge in [0.25, 0.3) is 5.91 Å². The topological polar surface area (TPSA) is 48.5 Å². The molecule has 1 N–H and O–H groups in total. The lowest BCUT2D eigenvalue weighted by molar-refractivity contribution is -0.150. The molecule has 0 bridgehead atoms. The van der Waals surface area contributed by atoms with E-state index in [-0.39, 0.29) is 23.7 Å². The monoisotopic (exact) mass is 514 g/mol. The molecule has 2 aliphatic rings. The van der Waals surface area contributed by atoms with Crippen molar-refractivity contribution in [2.24, 2.45) is 0 Å². The first-order chi connectivity index (χ1) is 16.8. The minimum Gasteiger partial charge on any atom is -0.371 e. The lowest BCUT2D eigenvalue weighted by Gasteiger charge is -2.36. The summed E-state index contributed by atoms with van der Waals surface area (Å²) in [5, 5.41) is 3.08. The van der Waals surface area contributed by atoms with Gasteiger partial charge in [0.05, 0.1) is 0 Å². The van der Waals surface area contributed by atoms with Crippen molar-refractivity contribution in [1.29, 1.82) is 0 Å². The maximum Gasteiger partial charge on any atom is 0.433 e. The highest BCUT2D eigenvalue weighted by Crippen LogP contribution is 2.37. The van der Waals surface area contributed by atoms with Crippen molar-refractivity contribution >= 4 is 11.6 Å². The molecule has 11 heteroatoms. The maximum atomic E-state index is 13.2. The molecule has 4 rings (SSSR count). The summed E-state index contributed by atoms with van der Waals surface area (Å²) in [5.41, 5.74) is -0.472. The third-order valence-electron chi connectivity index (χ3n) is 7.08. The molecule has 1 amide bonds. The number of benzene rings is 1. The van der Waals surface area contributed by atoms with Gasteiger partial charge >= 0.3 is 12.4 Å². The fourth-order valence-corrected chi connectivity index (χ4v) is 5.05. The number of carbonyl (C=O) groups excluding carboxylic acids is 1. The zero-order valence-electron chi connectivity index (χ0n) is 20.0. The Morgan fingerprint density at radius 1 is 1.03 bits per heavy atom. The number of hydrogen-bond donors (Lipinski definition) is 1. The predicted octanol–water partition coefficient (Wildman–Crippen LogP) is 5.28. The Hall–Kier alpha value is -2.82. The van der Waals surface area contributed by atoms with Crippen LogP contribution in [-0.2, 0) is 25.3 Å². The molecule has 2 aromatic rings. The molecule has 0 saturated heterocycles. The van der Waals surface area contributed by atoms with Crippen molar-refractivity contribution in [3.63, 3.8) is 0 Å². The molecule has 0 radical (unpaired) electrons. The number of likely N-dealkylation sites (N-methyl/N-ethyl adjacent to an activating group) is 1. The Morgan fingerprint density at radius 3 is 2.22 bits per heavy atom. The second kappa shape index (κ2) is 9.91. The number of alkyl halides is 6. The van der Waals surface area contributed by atoms with Gasteiger partial charge in [0, 0.05) is 43.5 Å². The van der Waals surface area contributed by atoms with Gasteiger partial charge in [0.1, 0.15) is 11.4 Å². The SMILES string of the molecule is CN1CCc2c(cccc2C(=O)N[C@H]2CC[C@@H](N(C)c3cc(C(F)(F)F)nc(C(F)(F)F)c3)CC2)C1. The number of amides is 1. The smallest absolute Gasteiger partial charge is 0.371 e. The molecule has 1 aliphatic carbocycles. The molecule has 196 valence electrons. The summed E-state index contributed by atoms with van der Waals surface area (Å²) in [6, 6.07) is 6.64. The first-order valence-corrected chi connectivity index (χ1v) is 11.8. The highest BCUT2D eigenvalue weighted by atomic mass is 19.4. The average molecular weight is 515 g/mol. The van der Waals surface area contributed by atoms with E-state index in [1.165, 1.54) is 11.9 Å². The Bertz CT molecular complexity index is 1080. The van der Waals surface area contributed by atoms with Crippen LogP contribution in [0.3, 0.4) is 0 Å². The van der Waals surface area contributed by atoms with Crippen LogP contribution in [-0.4, -0.2) is 48.5 Å². The Labute approximate surface area is 205 Å². The summed E-state index contributed by atoms with van der Waals surface area (Å²) < 4.78 is 79.1. The van der Waals surface area contributed by atoms with Gasteiger partial charge in [-0.05, 0) is 68.5 Å². The molecular formula is C25H28F6N4O. The van der Waals surface area contributed by atoms with E-state index in [4.69, 9.17) is 0 Å². The van der Waals surface area contributed by atoms with E-state index in [2.05, 4.69) is 15.2 Å². The zero-order valence-corrected chi connectivity index (χ0v) is 20.0. The summed E-state index contributed by atoms with van der Waals surface area (Å²) in [5.74, 6) is -0.146. The van der Waals surface area contributed by atoms with Crippen LogP contribution in [0.4, 0.5) is 32.0 Å².